The molecule has 2 N–H and O–H groups in total. The zero-order valence-electron chi connectivity index (χ0n) is 15.9. The Balaban J connectivity index is 0.000000266. The molecule has 1 aromatic heterocycles. The number of halogens is 2. The van der Waals surface area contributed by atoms with E-state index in [-0.39, 0.29) is 11.8 Å². The van der Waals surface area contributed by atoms with E-state index in [1.54, 1.807) is 7.05 Å². The molecule has 0 unspecified atom stereocenters. The average molecular weight is 604 g/mol. The van der Waals surface area contributed by atoms with Crippen LogP contribution in [0, 0.1) is 0 Å². The average Bonchev–Trinajstić information content (AvgIpc) is 3.27. The van der Waals surface area contributed by atoms with E-state index in [0.717, 1.165) is 27.7 Å². The highest BCUT2D eigenvalue weighted by Crippen LogP contribution is 2.29. The topological polar surface area (TPSA) is 68.4 Å². The lowest BCUT2D eigenvalue weighted by molar-refractivity contribution is -0.122. The van der Waals surface area contributed by atoms with Crippen LogP contribution < -0.4 is 8.43 Å². The van der Waals surface area contributed by atoms with Gasteiger partial charge in [0.1, 0.15) is 0 Å². The second-order valence-corrected chi connectivity index (χ2v) is 8.51. The molecule has 0 radical (unpaired) electrons. The molecule has 2 aromatic carbocycles. The highest BCUT2D eigenvalue weighted by Gasteiger charge is 2.27. The quantitative estimate of drug-likeness (QED) is 0.313. The van der Waals surface area contributed by atoms with Gasteiger partial charge in [0.25, 0.3) is 5.91 Å². The van der Waals surface area contributed by atoms with Crippen molar-refractivity contribution in [1.82, 2.24) is 11.6 Å². The highest BCUT2D eigenvalue weighted by atomic mass is 127. The molecule has 2 heterocycles. The largest absolute Gasteiger partial charge is 0.361 e. The molecule has 1 aliphatic heterocycles. The van der Waals surface area contributed by atoms with Crippen LogP contribution in [-0.4, -0.2) is 34.0 Å². The van der Waals surface area contributed by atoms with Gasteiger partial charge in [-0.2, -0.15) is 0 Å². The third kappa shape index (κ3) is 5.67. The van der Waals surface area contributed by atoms with E-state index in [4.69, 9.17) is 0 Å². The summed E-state index contributed by atoms with van der Waals surface area (Å²) in [4.78, 5) is 27.4. The number of H-pyrrole nitrogens is 1. The first-order chi connectivity index (χ1) is 13.4. The number of nitrogens with one attached hydrogen (secondary N) is 2. The van der Waals surface area contributed by atoms with E-state index in [2.05, 4.69) is 14.6 Å². The van der Waals surface area contributed by atoms with Crippen LogP contribution in [0.25, 0.3) is 10.9 Å². The monoisotopic (exact) mass is 604 g/mol. The zero-order valence-corrected chi connectivity index (χ0v) is 20.2. The van der Waals surface area contributed by atoms with Crippen molar-refractivity contribution >= 4 is 74.1 Å². The summed E-state index contributed by atoms with van der Waals surface area (Å²) >= 11 is 3.95. The van der Waals surface area contributed by atoms with Crippen molar-refractivity contribution in [2.24, 2.45) is 0 Å². The number of benzene rings is 2. The maximum Gasteiger partial charge on any atom is 0.258 e. The van der Waals surface area contributed by atoms with Crippen LogP contribution in [0.5, 0.6) is 0 Å². The van der Waals surface area contributed by atoms with Crippen LogP contribution in [-0.2, 0) is 11.3 Å². The Morgan fingerprint density at radius 2 is 1.86 bits per heavy atom. The summed E-state index contributed by atoms with van der Waals surface area (Å²) in [5, 5.41) is 1.13. The summed E-state index contributed by atoms with van der Waals surface area (Å²) in [6.07, 6.45) is 1.91. The van der Waals surface area contributed by atoms with Gasteiger partial charge in [0.15, 0.2) is 0 Å². The highest BCUT2D eigenvalue weighted by molar-refractivity contribution is 14.1. The Hall–Kier alpha value is -1.66. The first-order valence-corrected chi connectivity index (χ1v) is 10.6. The van der Waals surface area contributed by atoms with E-state index >= 15 is 0 Å². The number of hydrogen-bond acceptors (Lipinski definition) is 3. The number of aromatic nitrogens is 1. The van der Waals surface area contributed by atoms with Crippen molar-refractivity contribution in [3.05, 3.63) is 65.9 Å². The summed E-state index contributed by atoms with van der Waals surface area (Å²) in [5.74, 6) is 0.168. The fourth-order valence-corrected chi connectivity index (χ4v) is 2.67. The van der Waals surface area contributed by atoms with Gasteiger partial charge in [0.2, 0.25) is 5.91 Å². The number of rotatable bonds is 1. The third-order valence-corrected chi connectivity index (χ3v) is 4.78. The number of hydrogen-bond donors (Lipinski definition) is 2. The van der Waals surface area contributed by atoms with Crippen LogP contribution in [0.4, 0.5) is 5.69 Å². The van der Waals surface area contributed by atoms with Gasteiger partial charge in [-0.15, -0.1) is 0 Å². The van der Waals surface area contributed by atoms with E-state index in [1.165, 1.54) is 10.0 Å². The number of carbonyl (C=O) groups excluding carboxylic acids is 2. The Morgan fingerprint density at radius 1 is 1.21 bits per heavy atom. The summed E-state index contributed by atoms with van der Waals surface area (Å²) in [7, 11) is 3.57. The van der Waals surface area contributed by atoms with E-state index < -0.39 is 0 Å². The van der Waals surface area contributed by atoms with Crippen LogP contribution >= 0.6 is 45.7 Å². The lowest BCUT2D eigenvalue weighted by Crippen LogP contribution is -2.22. The summed E-state index contributed by atoms with van der Waals surface area (Å²) in [6, 6.07) is 15.9. The van der Waals surface area contributed by atoms with Crippen LogP contribution in [0.2, 0.25) is 0 Å². The number of anilines is 1. The smallest absolute Gasteiger partial charge is 0.258 e. The molecule has 0 saturated carbocycles. The fraction of sp³-hybridized carbons (Fsp3) is 0.200. The normalized spacial score (nSPS) is 11.9. The third-order valence-electron chi connectivity index (χ3n) is 4.10. The lowest BCUT2D eigenvalue weighted by Gasteiger charge is -2.15. The van der Waals surface area contributed by atoms with Crippen LogP contribution in [0.15, 0.2) is 54.7 Å². The molecule has 4 rings (SSSR count). The van der Waals surface area contributed by atoms with Crippen molar-refractivity contribution in [2.75, 3.05) is 19.0 Å². The number of carbonyl (C=O) groups is 2. The summed E-state index contributed by atoms with van der Waals surface area (Å²) in [6.45, 7) is 2.18. The molecule has 0 atom stereocenters. The second kappa shape index (κ2) is 10.8. The molecule has 0 saturated heterocycles. The maximum atomic E-state index is 12.4. The molecule has 0 bridgehead atoms. The Labute approximate surface area is 192 Å². The van der Waals surface area contributed by atoms with Gasteiger partial charge in [-0.3, -0.25) is 16.2 Å². The van der Waals surface area contributed by atoms with Gasteiger partial charge in [0.05, 0.1) is 29.4 Å². The standard InChI is InChI=1S/C16H12N2O.C3H6INO.CH4IN/c19-16-14-4-2-1-3-12(14)10-18(16)13-5-6-15-11(9-13)7-8-17-15;1-3(6)5(2)4;1-3-2/h1-9,17H,10H2;1-2H3;3H,1H3. The minimum Gasteiger partial charge on any atom is -0.361 e. The minimum atomic E-state index is 0.0793. The number of amides is 2. The molecule has 3 aromatic rings. The lowest BCUT2D eigenvalue weighted by atomic mass is 10.1. The van der Waals surface area contributed by atoms with Crippen LogP contribution in [0.1, 0.15) is 22.8 Å². The minimum absolute atomic E-state index is 0.0793. The SMILES string of the molecule is CC(=O)N(C)I.CNI.O=C1c2ccccc2CN1c1ccc2[nH]ccc2c1. The zero-order chi connectivity index (χ0) is 20.7. The van der Waals surface area contributed by atoms with Gasteiger partial charge in [-0.05, 0) is 42.9 Å². The number of aromatic amines is 1. The van der Waals surface area contributed by atoms with Gasteiger partial charge in [0, 0.05) is 65.2 Å². The number of nitrogens with zero attached hydrogens (tertiary/aromatic N) is 2. The van der Waals surface area contributed by atoms with Gasteiger partial charge < -0.3 is 9.88 Å². The van der Waals surface area contributed by atoms with Crippen molar-refractivity contribution in [3.8, 4) is 0 Å². The maximum absolute atomic E-state index is 12.4. The molecule has 0 spiro atoms. The van der Waals surface area contributed by atoms with Crippen LogP contribution in [0.3, 0.4) is 0 Å². The van der Waals surface area contributed by atoms with Gasteiger partial charge in [-0.25, -0.2) is 0 Å². The molecular weight excluding hydrogens is 582 g/mol. The second-order valence-electron chi connectivity index (χ2n) is 5.98. The van der Waals surface area contributed by atoms with E-state index in [1.807, 2.05) is 106 Å². The molecule has 8 heteroatoms. The fourth-order valence-electron chi connectivity index (χ4n) is 2.67. The molecule has 0 aliphatic carbocycles. The molecular formula is C20H22I2N4O2. The first-order valence-electron chi connectivity index (χ1n) is 8.53. The summed E-state index contributed by atoms with van der Waals surface area (Å²) < 4.78 is 4.22. The van der Waals surface area contributed by atoms with E-state index in [0.29, 0.717) is 6.54 Å². The predicted octanol–water partition coefficient (Wildman–Crippen LogP) is 4.70. The predicted molar refractivity (Wildman–Crippen MR) is 131 cm³/mol. The molecule has 2 amide bonds. The molecule has 1 aliphatic rings. The van der Waals surface area contributed by atoms with Crippen molar-refractivity contribution in [2.45, 2.75) is 13.5 Å². The first kappa shape index (κ1) is 22.6. The molecule has 28 heavy (non-hydrogen) atoms. The van der Waals surface area contributed by atoms with Crippen molar-refractivity contribution in [3.63, 3.8) is 0 Å². The van der Waals surface area contributed by atoms with Crippen molar-refractivity contribution in [1.29, 1.82) is 0 Å². The Bertz CT molecular complexity index is 956. The van der Waals surface area contributed by atoms with Crippen molar-refractivity contribution < 1.29 is 9.59 Å². The van der Waals surface area contributed by atoms with E-state index in [9.17, 15) is 9.59 Å². The van der Waals surface area contributed by atoms with Gasteiger partial charge >= 0.3 is 0 Å². The molecule has 6 nitrogen and oxygen atoms in total. The molecule has 0 fully saturated rings. The number of fused-ring (bicyclic) bond motifs is 2. The Morgan fingerprint density at radius 3 is 2.46 bits per heavy atom. The molecule has 148 valence electrons. The van der Waals surface area contributed by atoms with Gasteiger partial charge in [-0.1, -0.05) is 18.2 Å². The Kier molecular flexibility index (Phi) is 8.70. The summed E-state index contributed by atoms with van der Waals surface area (Å²) in [5.41, 5.74) is 3.96.